The maximum atomic E-state index is 11.2. The fraction of sp³-hybridized carbons (Fsp3) is 0.0714. The summed E-state index contributed by atoms with van der Waals surface area (Å²) in [7, 11) is 0. The summed E-state index contributed by atoms with van der Waals surface area (Å²) in [5, 5.41) is 12.3. The predicted octanol–water partition coefficient (Wildman–Crippen LogP) is 2.80. The molecule has 21 heavy (non-hydrogen) atoms. The smallest absolute Gasteiger partial charge is 0.337 e. The van der Waals surface area contributed by atoms with E-state index in [2.05, 4.69) is 31.2 Å². The van der Waals surface area contributed by atoms with Crippen molar-refractivity contribution in [3.63, 3.8) is 0 Å². The highest BCUT2D eigenvalue weighted by Crippen LogP contribution is 2.17. The van der Waals surface area contributed by atoms with Gasteiger partial charge >= 0.3 is 5.97 Å². The Bertz CT molecular complexity index is 816. The number of hydrogen-bond donors (Lipinski definition) is 2. The molecule has 106 valence electrons. The molecule has 7 heteroatoms. The van der Waals surface area contributed by atoms with Gasteiger partial charge in [0.2, 0.25) is 0 Å². The van der Waals surface area contributed by atoms with Crippen LogP contribution < -0.4 is 5.32 Å². The van der Waals surface area contributed by atoms with Crippen LogP contribution in [-0.2, 0) is 6.54 Å². The zero-order valence-corrected chi connectivity index (χ0v) is 12.4. The van der Waals surface area contributed by atoms with Gasteiger partial charge in [0.15, 0.2) is 5.65 Å². The van der Waals surface area contributed by atoms with E-state index < -0.39 is 5.97 Å². The summed E-state index contributed by atoms with van der Waals surface area (Å²) in [6.45, 7) is 0.460. The Morgan fingerprint density at radius 3 is 2.90 bits per heavy atom. The Kier molecular flexibility index (Phi) is 3.57. The third kappa shape index (κ3) is 2.73. The summed E-state index contributed by atoms with van der Waals surface area (Å²) in [6, 6.07) is 6.80. The number of fused-ring (bicyclic) bond motifs is 1. The van der Waals surface area contributed by atoms with Crippen molar-refractivity contribution in [2.24, 2.45) is 0 Å². The van der Waals surface area contributed by atoms with Crippen LogP contribution in [0, 0.1) is 0 Å². The Balaban J connectivity index is 1.87. The topological polar surface area (TPSA) is 79.5 Å². The number of benzene rings is 1. The zero-order valence-electron chi connectivity index (χ0n) is 10.8. The zero-order chi connectivity index (χ0) is 14.8. The van der Waals surface area contributed by atoms with Crippen LogP contribution in [0.15, 0.2) is 47.5 Å². The minimum atomic E-state index is -0.955. The van der Waals surface area contributed by atoms with Gasteiger partial charge in [0.25, 0.3) is 0 Å². The minimum Gasteiger partial charge on any atom is -0.478 e. The van der Waals surface area contributed by atoms with Gasteiger partial charge in [-0.15, -0.1) is 0 Å². The van der Waals surface area contributed by atoms with E-state index >= 15 is 0 Å². The molecule has 0 saturated heterocycles. The van der Waals surface area contributed by atoms with Crippen LogP contribution in [-0.4, -0.2) is 25.4 Å². The van der Waals surface area contributed by atoms with Crippen LogP contribution in [0.2, 0.25) is 0 Å². The van der Waals surface area contributed by atoms with E-state index in [4.69, 9.17) is 5.11 Å². The number of para-hydroxylation sites is 1. The molecule has 0 aliphatic heterocycles. The number of carboxylic acids is 1. The normalized spacial score (nSPS) is 10.7. The van der Waals surface area contributed by atoms with Crippen LogP contribution in [0.3, 0.4) is 0 Å². The van der Waals surface area contributed by atoms with Crippen molar-refractivity contribution in [2.45, 2.75) is 6.54 Å². The van der Waals surface area contributed by atoms with E-state index in [1.54, 1.807) is 36.7 Å². The standard InChI is InChI=1S/C14H11BrN4O2/c15-12-8-19-9(6-18-13(19)7-17-12)5-16-11-4-2-1-3-10(11)14(20)21/h1-4,6-8,16H,5H2,(H,20,21). The molecule has 0 unspecified atom stereocenters. The van der Waals surface area contributed by atoms with Crippen molar-refractivity contribution < 1.29 is 9.90 Å². The Morgan fingerprint density at radius 1 is 1.29 bits per heavy atom. The molecule has 2 heterocycles. The van der Waals surface area contributed by atoms with E-state index in [1.807, 2.05) is 10.6 Å². The minimum absolute atomic E-state index is 0.245. The number of nitrogens with one attached hydrogen (secondary N) is 1. The van der Waals surface area contributed by atoms with Crippen LogP contribution in [0.4, 0.5) is 5.69 Å². The molecular weight excluding hydrogens is 336 g/mol. The maximum Gasteiger partial charge on any atom is 0.337 e. The van der Waals surface area contributed by atoms with Gasteiger partial charge in [0, 0.05) is 11.9 Å². The average Bonchev–Trinajstić information content (AvgIpc) is 2.87. The first-order chi connectivity index (χ1) is 10.1. The third-order valence-electron chi connectivity index (χ3n) is 3.06. The fourth-order valence-electron chi connectivity index (χ4n) is 2.06. The molecule has 0 amide bonds. The van der Waals surface area contributed by atoms with Crippen molar-refractivity contribution in [1.82, 2.24) is 14.4 Å². The summed E-state index contributed by atoms with van der Waals surface area (Å²) < 4.78 is 2.60. The van der Waals surface area contributed by atoms with Gasteiger partial charge in [-0.3, -0.25) is 4.40 Å². The summed E-state index contributed by atoms with van der Waals surface area (Å²) >= 11 is 3.32. The first-order valence-electron chi connectivity index (χ1n) is 6.19. The maximum absolute atomic E-state index is 11.2. The molecule has 0 bridgehead atoms. The summed E-state index contributed by atoms with van der Waals surface area (Å²) in [5.74, 6) is -0.955. The van der Waals surface area contributed by atoms with Gasteiger partial charge in [-0.05, 0) is 28.1 Å². The number of aromatic carboxylic acids is 1. The molecule has 0 aliphatic carbocycles. The molecule has 3 rings (SSSR count). The summed E-state index contributed by atoms with van der Waals surface area (Å²) in [6.07, 6.45) is 5.22. The molecule has 0 aliphatic rings. The highest BCUT2D eigenvalue weighted by molar-refractivity contribution is 9.10. The number of carbonyl (C=O) groups is 1. The number of carboxylic acid groups (broad SMARTS) is 1. The van der Waals surface area contributed by atoms with E-state index in [0.29, 0.717) is 16.8 Å². The number of nitrogens with zero attached hydrogens (tertiary/aromatic N) is 3. The van der Waals surface area contributed by atoms with E-state index in [-0.39, 0.29) is 5.56 Å². The number of imidazole rings is 1. The average molecular weight is 347 g/mol. The Hall–Kier alpha value is -2.41. The van der Waals surface area contributed by atoms with Gasteiger partial charge in [-0.2, -0.15) is 0 Å². The summed E-state index contributed by atoms with van der Waals surface area (Å²) in [5.41, 5.74) is 2.47. The molecule has 2 N–H and O–H groups in total. The molecule has 0 radical (unpaired) electrons. The Labute approximate surface area is 128 Å². The number of aromatic nitrogens is 3. The number of rotatable bonds is 4. The molecule has 0 saturated carbocycles. The van der Waals surface area contributed by atoms with Gasteiger partial charge in [-0.25, -0.2) is 14.8 Å². The number of anilines is 1. The van der Waals surface area contributed by atoms with Crippen molar-refractivity contribution in [3.8, 4) is 0 Å². The first-order valence-corrected chi connectivity index (χ1v) is 6.98. The molecule has 3 aromatic rings. The highest BCUT2D eigenvalue weighted by Gasteiger charge is 2.10. The third-order valence-corrected chi connectivity index (χ3v) is 3.47. The van der Waals surface area contributed by atoms with Crippen molar-refractivity contribution in [1.29, 1.82) is 0 Å². The largest absolute Gasteiger partial charge is 0.478 e. The Morgan fingerprint density at radius 2 is 2.10 bits per heavy atom. The SMILES string of the molecule is O=C(O)c1ccccc1NCc1cnc2cnc(Br)cn12. The second kappa shape index (κ2) is 5.53. The molecule has 1 aromatic carbocycles. The second-order valence-electron chi connectivity index (χ2n) is 4.39. The molecule has 2 aromatic heterocycles. The van der Waals surface area contributed by atoms with Gasteiger partial charge in [-0.1, -0.05) is 12.1 Å². The monoisotopic (exact) mass is 346 g/mol. The second-order valence-corrected chi connectivity index (χ2v) is 5.20. The predicted molar refractivity (Wildman–Crippen MR) is 81.4 cm³/mol. The quantitative estimate of drug-likeness (QED) is 0.759. The van der Waals surface area contributed by atoms with Crippen LogP contribution in [0.1, 0.15) is 16.1 Å². The first kappa shape index (κ1) is 13.6. The lowest BCUT2D eigenvalue weighted by molar-refractivity contribution is 0.0698. The highest BCUT2D eigenvalue weighted by atomic mass is 79.9. The van der Waals surface area contributed by atoms with Crippen molar-refractivity contribution in [3.05, 3.63) is 58.7 Å². The lowest BCUT2D eigenvalue weighted by Crippen LogP contribution is -2.07. The van der Waals surface area contributed by atoms with Gasteiger partial charge < -0.3 is 10.4 Å². The van der Waals surface area contributed by atoms with E-state index in [0.717, 1.165) is 11.3 Å². The van der Waals surface area contributed by atoms with Crippen molar-refractivity contribution >= 4 is 33.2 Å². The summed E-state index contributed by atoms with van der Waals surface area (Å²) in [4.78, 5) is 19.5. The number of hydrogen-bond acceptors (Lipinski definition) is 4. The molecule has 0 fully saturated rings. The van der Waals surface area contributed by atoms with Gasteiger partial charge in [0.1, 0.15) is 4.60 Å². The van der Waals surface area contributed by atoms with Crippen LogP contribution in [0.5, 0.6) is 0 Å². The van der Waals surface area contributed by atoms with E-state index in [1.165, 1.54) is 0 Å². The van der Waals surface area contributed by atoms with Crippen LogP contribution >= 0.6 is 15.9 Å². The molecule has 0 atom stereocenters. The van der Waals surface area contributed by atoms with Crippen molar-refractivity contribution in [2.75, 3.05) is 5.32 Å². The molecule has 6 nitrogen and oxygen atoms in total. The molecule has 0 spiro atoms. The van der Waals surface area contributed by atoms with Crippen LogP contribution in [0.25, 0.3) is 5.65 Å². The van der Waals surface area contributed by atoms with Gasteiger partial charge in [0.05, 0.1) is 30.2 Å². The fourth-order valence-corrected chi connectivity index (χ4v) is 2.36. The lowest BCUT2D eigenvalue weighted by Gasteiger charge is -2.09. The number of halogens is 1. The molecular formula is C14H11BrN4O2. The lowest BCUT2D eigenvalue weighted by atomic mass is 10.2. The van der Waals surface area contributed by atoms with E-state index in [9.17, 15) is 4.79 Å².